The zero-order valence-corrected chi connectivity index (χ0v) is 23.4. The second kappa shape index (κ2) is 11.9. The highest BCUT2D eigenvalue weighted by molar-refractivity contribution is 8.01. The molecule has 4 rings (SSSR count). The van der Waals surface area contributed by atoms with Gasteiger partial charge in [-0.2, -0.15) is 0 Å². The Labute approximate surface area is 235 Å². The standard InChI is InChI=1S/C22H24N8O6S3/c1-24-22(35)28(2)29-6-4-12(5-7-29)37-8-11-9-38-19-15(18(32)30(19)16(11)20(33)34)26-17(31)14(27-36-3)13-10-39-21(23)25-13/h4-7,10,15,19H,8-9H2,1-3H3,(H4-,23,24,25,26,31,33,34,35)/b27-14-/t15-,19-/m1/s1. The van der Waals surface area contributed by atoms with E-state index in [1.165, 1.54) is 48.1 Å². The predicted octanol–water partition coefficient (Wildman–Crippen LogP) is -1.53. The lowest BCUT2D eigenvalue weighted by molar-refractivity contribution is -0.679. The monoisotopic (exact) mass is 592 g/mol. The molecule has 0 spiro atoms. The van der Waals surface area contributed by atoms with Crippen LogP contribution in [-0.2, 0) is 19.2 Å². The molecule has 1 saturated heterocycles. The molecule has 1 fully saturated rings. The van der Waals surface area contributed by atoms with Crippen LogP contribution in [0.5, 0.6) is 0 Å². The molecule has 0 aliphatic carbocycles. The Bertz CT molecular complexity index is 1360. The Morgan fingerprint density at radius 2 is 2.10 bits per heavy atom. The number of thiazole rings is 1. The first-order valence-corrected chi connectivity index (χ1v) is 14.2. The smallest absolute Gasteiger partial charge is 0.370 e. The number of oxime groups is 1. The number of amides is 4. The average molecular weight is 593 g/mol. The van der Waals surface area contributed by atoms with E-state index in [-0.39, 0.29) is 28.3 Å². The summed E-state index contributed by atoms with van der Waals surface area (Å²) in [6, 6.07) is 2.32. The van der Waals surface area contributed by atoms with Gasteiger partial charge in [0.1, 0.15) is 24.2 Å². The third-order valence-corrected chi connectivity index (χ3v) is 8.85. The number of pyridine rings is 1. The fourth-order valence-electron chi connectivity index (χ4n) is 3.82. The van der Waals surface area contributed by atoms with Crippen LogP contribution in [-0.4, -0.2) is 83.5 Å². The summed E-state index contributed by atoms with van der Waals surface area (Å²) in [5.74, 6) is -2.12. The van der Waals surface area contributed by atoms with E-state index in [1.54, 1.807) is 36.3 Å². The highest BCUT2D eigenvalue weighted by Crippen LogP contribution is 2.41. The van der Waals surface area contributed by atoms with Crippen molar-refractivity contribution in [3.8, 4) is 0 Å². The maximum Gasteiger partial charge on any atom is 0.370 e. The van der Waals surface area contributed by atoms with E-state index in [0.29, 0.717) is 17.1 Å². The van der Waals surface area contributed by atoms with Crippen LogP contribution in [0, 0.1) is 0 Å². The second-order valence-electron chi connectivity index (χ2n) is 8.08. The molecular formula is C22H24N8O6S3. The molecule has 4 amide bonds. The maximum absolute atomic E-state index is 13.0. The minimum absolute atomic E-state index is 0.157. The topological polar surface area (TPSA) is 186 Å². The van der Waals surface area contributed by atoms with Gasteiger partial charge in [0.25, 0.3) is 11.8 Å². The van der Waals surface area contributed by atoms with Crippen molar-refractivity contribution in [3.63, 3.8) is 0 Å². The number of carbonyl (C=O) groups is 4. The third kappa shape index (κ3) is 5.79. The SMILES string of the molecule is CNC(=O)N(C)[n+]1ccc(SCC2=C(C(=O)[O-])N3C(=O)[C@@H](NC(=O)/C(=N\OC)c4csc(N)n4)[C@H]3SC2)cc1. The van der Waals surface area contributed by atoms with Crippen molar-refractivity contribution < 1.29 is 33.8 Å². The number of β-lactam (4-membered cyclic amide) rings is 1. The van der Waals surface area contributed by atoms with Gasteiger partial charge in [-0.1, -0.05) is 14.8 Å². The molecule has 14 nitrogen and oxygen atoms in total. The molecule has 2 atom stereocenters. The molecule has 39 heavy (non-hydrogen) atoms. The van der Waals surface area contributed by atoms with Gasteiger partial charge in [0.15, 0.2) is 10.8 Å². The third-order valence-electron chi connectivity index (χ3n) is 5.74. The number of anilines is 1. The number of hydrogen-bond donors (Lipinski definition) is 3. The van der Waals surface area contributed by atoms with Crippen molar-refractivity contribution in [1.29, 1.82) is 0 Å². The number of aromatic nitrogens is 2. The first-order chi connectivity index (χ1) is 18.7. The molecule has 17 heteroatoms. The summed E-state index contributed by atoms with van der Waals surface area (Å²) in [7, 11) is 4.41. The molecular weight excluding hydrogens is 568 g/mol. The molecule has 2 aromatic heterocycles. The number of urea groups is 1. The Morgan fingerprint density at radius 3 is 2.69 bits per heavy atom. The first-order valence-electron chi connectivity index (χ1n) is 11.3. The van der Waals surface area contributed by atoms with Crippen LogP contribution >= 0.6 is 34.9 Å². The van der Waals surface area contributed by atoms with E-state index in [9.17, 15) is 24.3 Å². The number of fused-ring (bicyclic) bond motifs is 1. The van der Waals surface area contributed by atoms with E-state index in [2.05, 4.69) is 20.8 Å². The van der Waals surface area contributed by atoms with Crippen LogP contribution in [0.3, 0.4) is 0 Å². The number of thioether (sulfide) groups is 2. The van der Waals surface area contributed by atoms with Crippen LogP contribution in [0.1, 0.15) is 5.69 Å². The van der Waals surface area contributed by atoms with E-state index in [4.69, 9.17) is 10.6 Å². The van der Waals surface area contributed by atoms with Gasteiger partial charge in [0, 0.05) is 41.0 Å². The number of nitrogens with two attached hydrogens (primary N) is 1. The van der Waals surface area contributed by atoms with Crippen molar-refractivity contribution in [2.75, 3.05) is 43.5 Å². The largest absolute Gasteiger partial charge is 0.543 e. The Morgan fingerprint density at radius 1 is 1.38 bits per heavy atom. The van der Waals surface area contributed by atoms with Crippen molar-refractivity contribution in [2.24, 2.45) is 5.16 Å². The van der Waals surface area contributed by atoms with Crippen LogP contribution in [0.4, 0.5) is 9.93 Å². The molecule has 0 bridgehead atoms. The number of nitrogens with zero attached hydrogens (tertiary/aromatic N) is 5. The molecule has 2 aliphatic rings. The Hall–Kier alpha value is -3.83. The molecule has 4 N–H and O–H groups in total. The zero-order valence-electron chi connectivity index (χ0n) is 20.9. The number of nitrogen functional groups attached to an aromatic ring is 1. The van der Waals surface area contributed by atoms with E-state index in [0.717, 1.165) is 21.1 Å². The van der Waals surface area contributed by atoms with Gasteiger partial charge in [0.05, 0.1) is 18.7 Å². The zero-order chi connectivity index (χ0) is 28.3. The minimum Gasteiger partial charge on any atom is -0.543 e. The second-order valence-corrected chi connectivity index (χ2v) is 11.1. The summed E-state index contributed by atoms with van der Waals surface area (Å²) >= 11 is 3.84. The normalized spacial score (nSPS) is 18.7. The number of rotatable bonds is 9. The van der Waals surface area contributed by atoms with Gasteiger partial charge < -0.3 is 31.1 Å². The molecule has 0 aromatic carbocycles. The Kier molecular flexibility index (Phi) is 8.61. The van der Waals surface area contributed by atoms with Crippen molar-refractivity contribution in [1.82, 2.24) is 20.5 Å². The van der Waals surface area contributed by atoms with Gasteiger partial charge >= 0.3 is 6.03 Å². The summed E-state index contributed by atoms with van der Waals surface area (Å²) in [6.45, 7) is 0. The lowest BCUT2D eigenvalue weighted by atomic mass is 10.0. The van der Waals surface area contributed by atoms with Gasteiger partial charge in [-0.15, -0.1) is 34.9 Å². The fraction of sp³-hybridized carbons (Fsp3) is 0.318. The van der Waals surface area contributed by atoms with Crippen molar-refractivity contribution in [2.45, 2.75) is 16.3 Å². The highest BCUT2D eigenvalue weighted by atomic mass is 32.2. The van der Waals surface area contributed by atoms with E-state index < -0.39 is 29.2 Å². The number of aliphatic carboxylic acids is 1. The molecule has 206 valence electrons. The van der Waals surface area contributed by atoms with Gasteiger partial charge in [0.2, 0.25) is 12.4 Å². The van der Waals surface area contributed by atoms with E-state index in [1.807, 2.05) is 0 Å². The van der Waals surface area contributed by atoms with Gasteiger partial charge in [-0.3, -0.25) is 14.5 Å². The highest BCUT2D eigenvalue weighted by Gasteiger charge is 2.53. The lowest BCUT2D eigenvalue weighted by Gasteiger charge is -2.50. The average Bonchev–Trinajstić information content (AvgIpc) is 3.37. The first kappa shape index (κ1) is 28.2. The number of carbonyl (C=O) groups excluding carboxylic acids is 4. The predicted molar refractivity (Wildman–Crippen MR) is 143 cm³/mol. The van der Waals surface area contributed by atoms with E-state index >= 15 is 0 Å². The maximum atomic E-state index is 13.0. The van der Waals surface area contributed by atoms with Crippen molar-refractivity contribution >= 4 is 69.5 Å². The quantitative estimate of drug-likeness (QED) is 0.101. The van der Waals surface area contributed by atoms with Crippen LogP contribution in [0.25, 0.3) is 0 Å². The number of nitrogens with one attached hydrogen (secondary N) is 2. The van der Waals surface area contributed by atoms with Gasteiger partial charge in [-0.05, 0) is 5.57 Å². The summed E-state index contributed by atoms with van der Waals surface area (Å²) in [5, 5.41) is 23.4. The molecule has 2 aromatic rings. The van der Waals surface area contributed by atoms with Gasteiger partial charge in [-0.25, -0.2) is 9.78 Å². The fourth-order valence-corrected chi connectivity index (χ4v) is 6.74. The molecule has 0 unspecified atom stereocenters. The Balaban J connectivity index is 1.44. The summed E-state index contributed by atoms with van der Waals surface area (Å²) in [4.78, 5) is 60.5. The van der Waals surface area contributed by atoms with Crippen LogP contribution in [0.15, 0.2) is 51.2 Å². The van der Waals surface area contributed by atoms with Crippen LogP contribution < -0.4 is 31.2 Å². The van der Waals surface area contributed by atoms with Crippen LogP contribution in [0.2, 0.25) is 0 Å². The summed E-state index contributed by atoms with van der Waals surface area (Å²) < 4.78 is 1.59. The number of carboxylic acid groups (broad SMARTS) is 1. The van der Waals surface area contributed by atoms with Crippen molar-refractivity contribution in [3.05, 3.63) is 46.9 Å². The molecule has 0 saturated carbocycles. The molecule has 4 heterocycles. The number of carboxylic acids is 1. The molecule has 0 radical (unpaired) electrons. The summed E-state index contributed by atoms with van der Waals surface area (Å²) in [6.07, 6.45) is 3.40. The lowest BCUT2D eigenvalue weighted by Crippen LogP contribution is -2.71. The number of hydrogen-bond acceptors (Lipinski definition) is 12. The summed E-state index contributed by atoms with van der Waals surface area (Å²) in [5.41, 5.74) is 6.02. The minimum atomic E-state index is -1.47. The molecule has 2 aliphatic heterocycles.